The number of pyridine rings is 1. The maximum Gasteiger partial charge on any atom is 0.137 e. The van der Waals surface area contributed by atoms with Crippen molar-refractivity contribution >= 4 is 73.4 Å². The molecule has 5 heterocycles. The molecular weight excluding hydrogens is 779 g/mol. The van der Waals surface area contributed by atoms with Crippen LogP contribution in [0.4, 0.5) is 39.8 Å². The van der Waals surface area contributed by atoms with Crippen LogP contribution in [-0.4, -0.2) is 16.2 Å². The molecule has 7 heteroatoms. The topological polar surface area (TPSA) is 36.8 Å². The third-order valence-electron chi connectivity index (χ3n) is 13.0. The van der Waals surface area contributed by atoms with E-state index in [0.717, 1.165) is 45.1 Å². The Labute approximate surface area is 366 Å². The summed E-state index contributed by atoms with van der Waals surface area (Å²) in [5.41, 5.74) is 14.3. The van der Waals surface area contributed by atoms with Crippen molar-refractivity contribution in [2.75, 3.05) is 21.4 Å². The zero-order valence-electron chi connectivity index (χ0n) is 35.4. The normalized spacial score (nSPS) is 14.8. The standard InChI is InChI=1S/C55H45N5OS/c1-54(2,3)35-27-28-56-52(29-35)59-44-19-8-6-17-40(44)41-26-25-39(33-49(41)59)61-38-16-14-15-36(30-38)57-34-58(47-22-11-10-21-46(47)57)37-31-43-53-51(32-37)62-50-24-13-12-23-48(50)60(53)45-20-9-7-18-42(45)55(43,4)5/h6-33H,34H2,1-5H3. The summed E-state index contributed by atoms with van der Waals surface area (Å²) in [6, 6.07) is 59.1. The molecule has 0 fully saturated rings. The van der Waals surface area contributed by atoms with Gasteiger partial charge in [-0.2, -0.15) is 0 Å². The van der Waals surface area contributed by atoms with Crippen LogP contribution in [-0.2, 0) is 10.8 Å². The van der Waals surface area contributed by atoms with Gasteiger partial charge in [0.15, 0.2) is 0 Å². The van der Waals surface area contributed by atoms with Gasteiger partial charge in [-0.3, -0.25) is 4.57 Å². The van der Waals surface area contributed by atoms with Gasteiger partial charge < -0.3 is 19.4 Å². The maximum atomic E-state index is 6.76. The lowest BCUT2D eigenvalue weighted by atomic mass is 9.73. The van der Waals surface area contributed by atoms with Gasteiger partial charge in [0.05, 0.1) is 39.5 Å². The van der Waals surface area contributed by atoms with Crippen molar-refractivity contribution in [1.29, 1.82) is 0 Å². The number of para-hydroxylation sites is 5. The fourth-order valence-corrected chi connectivity index (χ4v) is 11.0. The lowest BCUT2D eigenvalue weighted by Gasteiger charge is -2.45. The van der Waals surface area contributed by atoms with Crippen LogP contribution >= 0.6 is 11.8 Å². The third-order valence-corrected chi connectivity index (χ3v) is 14.1. The smallest absolute Gasteiger partial charge is 0.137 e. The van der Waals surface area contributed by atoms with Crippen LogP contribution in [0, 0.1) is 0 Å². The summed E-state index contributed by atoms with van der Waals surface area (Å²) in [4.78, 5) is 14.8. The van der Waals surface area contributed by atoms with Crippen LogP contribution in [0.3, 0.4) is 0 Å². The van der Waals surface area contributed by atoms with Crippen molar-refractivity contribution in [2.45, 2.75) is 55.2 Å². The summed E-state index contributed by atoms with van der Waals surface area (Å²) in [6.07, 6.45) is 1.92. The number of hydrogen-bond acceptors (Lipinski definition) is 6. The van der Waals surface area contributed by atoms with E-state index in [1.54, 1.807) is 0 Å². The molecule has 12 rings (SSSR count). The van der Waals surface area contributed by atoms with Gasteiger partial charge in [-0.15, -0.1) is 0 Å². The predicted octanol–water partition coefficient (Wildman–Crippen LogP) is 15.1. The number of hydrogen-bond donors (Lipinski definition) is 0. The van der Waals surface area contributed by atoms with Crippen molar-refractivity contribution in [3.8, 4) is 17.3 Å². The highest BCUT2D eigenvalue weighted by molar-refractivity contribution is 7.99. The minimum absolute atomic E-state index is 0.00309. The second-order valence-electron chi connectivity index (χ2n) is 18.2. The van der Waals surface area contributed by atoms with Crippen LogP contribution in [0.5, 0.6) is 11.5 Å². The molecule has 3 aliphatic heterocycles. The molecule has 0 spiro atoms. The molecule has 0 bridgehead atoms. The van der Waals surface area contributed by atoms with Crippen molar-refractivity contribution in [3.63, 3.8) is 0 Å². The van der Waals surface area contributed by atoms with Gasteiger partial charge in [0, 0.05) is 55.7 Å². The molecule has 0 amide bonds. The average Bonchev–Trinajstić information content (AvgIpc) is 3.84. The Balaban J connectivity index is 0.909. The quantitative estimate of drug-likeness (QED) is 0.172. The molecule has 6 nitrogen and oxygen atoms in total. The van der Waals surface area contributed by atoms with Gasteiger partial charge in [0.2, 0.25) is 0 Å². The number of benzene rings is 7. The summed E-state index contributed by atoms with van der Waals surface area (Å²) in [5.74, 6) is 2.45. The van der Waals surface area contributed by atoms with Crippen molar-refractivity contribution in [1.82, 2.24) is 9.55 Å². The van der Waals surface area contributed by atoms with Gasteiger partial charge in [-0.1, -0.05) is 113 Å². The number of anilines is 7. The fourth-order valence-electron chi connectivity index (χ4n) is 9.87. The number of rotatable bonds is 5. The number of aromatic nitrogens is 2. The molecule has 62 heavy (non-hydrogen) atoms. The molecule has 0 unspecified atom stereocenters. The number of ether oxygens (including phenoxy) is 1. The van der Waals surface area contributed by atoms with E-state index in [1.165, 1.54) is 60.3 Å². The Kier molecular flexibility index (Phi) is 8.04. The third kappa shape index (κ3) is 5.61. The molecule has 9 aromatic rings. The fraction of sp³-hybridized carbons (Fsp3) is 0.145. The van der Waals surface area contributed by atoms with Gasteiger partial charge >= 0.3 is 0 Å². The van der Waals surface area contributed by atoms with E-state index in [4.69, 9.17) is 9.72 Å². The Morgan fingerprint density at radius 1 is 0.565 bits per heavy atom. The number of fused-ring (bicyclic) bond motifs is 8. The van der Waals surface area contributed by atoms with Crippen LogP contribution < -0.4 is 19.4 Å². The van der Waals surface area contributed by atoms with Crippen molar-refractivity contribution in [3.05, 3.63) is 187 Å². The van der Waals surface area contributed by atoms with Gasteiger partial charge in [0.25, 0.3) is 0 Å². The van der Waals surface area contributed by atoms with E-state index < -0.39 is 0 Å². The first kappa shape index (κ1) is 36.9. The van der Waals surface area contributed by atoms with Crippen LogP contribution in [0.1, 0.15) is 51.3 Å². The summed E-state index contributed by atoms with van der Waals surface area (Å²) < 4.78 is 9.03. The van der Waals surface area contributed by atoms with E-state index in [-0.39, 0.29) is 10.8 Å². The second-order valence-corrected chi connectivity index (χ2v) is 19.2. The van der Waals surface area contributed by atoms with E-state index in [9.17, 15) is 0 Å². The van der Waals surface area contributed by atoms with Crippen LogP contribution in [0.25, 0.3) is 27.6 Å². The van der Waals surface area contributed by atoms with Crippen LogP contribution in [0.2, 0.25) is 0 Å². The summed E-state index contributed by atoms with van der Waals surface area (Å²) in [6.45, 7) is 12.1. The van der Waals surface area contributed by atoms with Gasteiger partial charge in [0.1, 0.15) is 24.0 Å². The first-order valence-electron chi connectivity index (χ1n) is 21.4. The van der Waals surface area contributed by atoms with E-state index in [0.29, 0.717) is 6.67 Å². The highest BCUT2D eigenvalue weighted by Gasteiger charge is 2.42. The molecule has 0 radical (unpaired) electrons. The first-order chi connectivity index (χ1) is 30.1. The molecule has 0 N–H and O–H groups in total. The lowest BCUT2D eigenvalue weighted by molar-refractivity contribution is 0.483. The Morgan fingerprint density at radius 2 is 1.26 bits per heavy atom. The maximum absolute atomic E-state index is 6.76. The first-order valence-corrected chi connectivity index (χ1v) is 22.2. The molecule has 2 aromatic heterocycles. The minimum atomic E-state index is -0.199. The molecule has 7 aromatic carbocycles. The summed E-state index contributed by atoms with van der Waals surface area (Å²) in [7, 11) is 0. The van der Waals surface area contributed by atoms with Crippen LogP contribution in [0.15, 0.2) is 180 Å². The summed E-state index contributed by atoms with van der Waals surface area (Å²) in [5, 5.41) is 2.35. The molecular formula is C55H45N5OS. The molecule has 0 saturated carbocycles. The zero-order valence-corrected chi connectivity index (χ0v) is 36.2. The number of nitrogens with zero attached hydrogens (tertiary/aromatic N) is 5. The van der Waals surface area contributed by atoms with Gasteiger partial charge in [-0.05, 0) is 107 Å². The summed E-state index contributed by atoms with van der Waals surface area (Å²) >= 11 is 1.88. The highest BCUT2D eigenvalue weighted by Crippen LogP contribution is 2.61. The second kappa shape index (κ2) is 13.5. The zero-order chi connectivity index (χ0) is 41.9. The molecule has 0 saturated heterocycles. The van der Waals surface area contributed by atoms with Crippen molar-refractivity contribution in [2.24, 2.45) is 0 Å². The van der Waals surface area contributed by atoms with E-state index in [1.807, 2.05) is 24.0 Å². The predicted molar refractivity (Wildman–Crippen MR) is 257 cm³/mol. The highest BCUT2D eigenvalue weighted by atomic mass is 32.2. The molecule has 302 valence electrons. The SMILES string of the molecule is CC(C)(C)c1ccnc(-n2c3ccccc3c3ccc(Oc4cccc(N5CN(c6cc7c8c(c6)C(C)(C)c6ccccc6N8c6ccccc6S7)c6ccccc65)c4)cc32)c1. The van der Waals surface area contributed by atoms with E-state index in [2.05, 4.69) is 212 Å². The van der Waals surface area contributed by atoms with E-state index >= 15 is 0 Å². The Morgan fingerprint density at radius 3 is 2.08 bits per heavy atom. The average molecular weight is 824 g/mol. The molecule has 0 aliphatic carbocycles. The lowest BCUT2D eigenvalue weighted by Crippen LogP contribution is -2.33. The van der Waals surface area contributed by atoms with Crippen molar-refractivity contribution < 1.29 is 4.74 Å². The molecule has 3 aliphatic rings. The van der Waals surface area contributed by atoms with Gasteiger partial charge in [-0.25, -0.2) is 4.98 Å². The Bertz CT molecular complexity index is 3290. The minimum Gasteiger partial charge on any atom is -0.457 e. The molecule has 0 atom stereocenters. The monoisotopic (exact) mass is 823 g/mol. The Hall–Kier alpha value is -6.96. The largest absolute Gasteiger partial charge is 0.457 e.